The van der Waals surface area contributed by atoms with Crippen LogP contribution in [0.4, 0.5) is 34.1 Å². The van der Waals surface area contributed by atoms with E-state index in [1.165, 1.54) is 54.6 Å². The largest absolute Gasteiger partial charge is 0.454 e. The lowest BCUT2D eigenvalue weighted by molar-refractivity contribution is 0.645. The van der Waals surface area contributed by atoms with Gasteiger partial charge in [-0.1, -0.05) is 159 Å². The number of rotatable bonds is 6. The second-order valence-electron chi connectivity index (χ2n) is 18.4. The van der Waals surface area contributed by atoms with Crippen LogP contribution in [0.15, 0.2) is 227 Å². The third-order valence-electron chi connectivity index (χ3n) is 14.4. The van der Waals surface area contributed by atoms with E-state index < -0.39 is 0 Å². The van der Waals surface area contributed by atoms with E-state index in [1.807, 2.05) is 12.1 Å². The minimum atomic E-state index is -0.327. The predicted octanol–water partition coefficient (Wildman–Crippen LogP) is 18.2. The summed E-state index contributed by atoms with van der Waals surface area (Å²) in [5, 5.41) is 11.8. The highest BCUT2D eigenvalue weighted by Crippen LogP contribution is 2.54. The van der Waals surface area contributed by atoms with Crippen LogP contribution in [0.1, 0.15) is 25.0 Å². The summed E-state index contributed by atoms with van der Waals surface area (Å²) in [7, 11) is 0. The van der Waals surface area contributed by atoms with Crippen LogP contribution in [0.25, 0.3) is 87.3 Å². The maximum atomic E-state index is 6.74. The minimum absolute atomic E-state index is 0.327. The molecular formula is C63H42N2O2. The summed E-state index contributed by atoms with van der Waals surface area (Å²) < 4.78 is 13.4. The quantitative estimate of drug-likeness (QED) is 0.156. The van der Waals surface area contributed by atoms with Crippen molar-refractivity contribution in [3.63, 3.8) is 0 Å². The van der Waals surface area contributed by atoms with Crippen molar-refractivity contribution in [2.24, 2.45) is 0 Å². The monoisotopic (exact) mass is 858 g/mol. The molecule has 0 spiro atoms. The first-order valence-corrected chi connectivity index (χ1v) is 23.1. The number of fused-ring (bicyclic) bond motifs is 12. The molecule has 4 heteroatoms. The molecule has 4 nitrogen and oxygen atoms in total. The van der Waals surface area contributed by atoms with Gasteiger partial charge < -0.3 is 18.6 Å². The average molecular weight is 859 g/mol. The van der Waals surface area contributed by atoms with Gasteiger partial charge in [-0.3, -0.25) is 0 Å². The Balaban J connectivity index is 1.01. The van der Waals surface area contributed by atoms with Gasteiger partial charge in [0.1, 0.15) is 11.2 Å². The number of hydrogen-bond acceptors (Lipinski definition) is 4. The number of para-hydroxylation sites is 6. The first-order chi connectivity index (χ1) is 33.0. The van der Waals surface area contributed by atoms with E-state index in [9.17, 15) is 0 Å². The van der Waals surface area contributed by atoms with Crippen molar-refractivity contribution in [1.29, 1.82) is 0 Å². The highest BCUT2D eigenvalue weighted by Gasteiger charge is 2.35. The summed E-state index contributed by atoms with van der Waals surface area (Å²) in [5.74, 6) is 0. The normalized spacial score (nSPS) is 13.0. The van der Waals surface area contributed by atoms with E-state index in [4.69, 9.17) is 8.83 Å². The van der Waals surface area contributed by atoms with Crippen molar-refractivity contribution < 1.29 is 8.83 Å². The van der Waals surface area contributed by atoms with E-state index >= 15 is 0 Å². The smallest absolute Gasteiger partial charge is 0.159 e. The molecule has 2 aromatic heterocycles. The van der Waals surface area contributed by atoms with Gasteiger partial charge in [0.05, 0.1) is 17.1 Å². The number of furan rings is 2. The highest BCUT2D eigenvalue weighted by molar-refractivity contribution is 6.26. The van der Waals surface area contributed by atoms with Gasteiger partial charge >= 0.3 is 0 Å². The molecule has 0 unspecified atom stereocenters. The molecule has 14 rings (SSSR count). The molecule has 0 atom stereocenters. The van der Waals surface area contributed by atoms with Crippen LogP contribution >= 0.6 is 0 Å². The summed E-state index contributed by atoms with van der Waals surface area (Å²) in [6.45, 7) is 4.78. The summed E-state index contributed by atoms with van der Waals surface area (Å²) in [5.41, 5.74) is 14.6. The Bertz CT molecular complexity index is 4140. The van der Waals surface area contributed by atoms with Gasteiger partial charge in [-0.2, -0.15) is 0 Å². The average Bonchev–Trinajstić information content (AvgIpc) is 3.96. The van der Waals surface area contributed by atoms with Crippen LogP contribution in [0.2, 0.25) is 0 Å². The van der Waals surface area contributed by atoms with Crippen molar-refractivity contribution in [1.82, 2.24) is 0 Å². The molecule has 11 aromatic carbocycles. The van der Waals surface area contributed by atoms with Gasteiger partial charge in [-0.15, -0.1) is 0 Å². The first-order valence-electron chi connectivity index (χ1n) is 23.1. The zero-order valence-electron chi connectivity index (χ0n) is 37.0. The van der Waals surface area contributed by atoms with Gasteiger partial charge in [-0.05, 0) is 122 Å². The van der Waals surface area contributed by atoms with Crippen LogP contribution in [0, 0.1) is 0 Å². The number of hydrogen-bond donors (Lipinski definition) is 0. The van der Waals surface area contributed by atoms with Crippen molar-refractivity contribution in [2.75, 3.05) is 9.80 Å². The van der Waals surface area contributed by atoms with Crippen molar-refractivity contribution in [2.45, 2.75) is 19.3 Å². The Kier molecular flexibility index (Phi) is 8.00. The maximum absolute atomic E-state index is 6.74. The van der Waals surface area contributed by atoms with Crippen LogP contribution in [0.3, 0.4) is 0 Å². The lowest BCUT2D eigenvalue weighted by Gasteiger charge is -2.37. The third-order valence-corrected chi connectivity index (χ3v) is 14.4. The Morgan fingerprint density at radius 3 is 1.48 bits per heavy atom. The van der Waals surface area contributed by atoms with E-state index in [2.05, 4.69) is 230 Å². The fourth-order valence-electron chi connectivity index (χ4n) is 11.3. The fraction of sp³-hybridized carbons (Fsp3) is 0.0476. The molecule has 316 valence electrons. The van der Waals surface area contributed by atoms with Gasteiger partial charge in [0.15, 0.2) is 11.2 Å². The highest BCUT2D eigenvalue weighted by atomic mass is 16.3. The minimum Gasteiger partial charge on any atom is -0.454 e. The number of benzene rings is 11. The summed E-state index contributed by atoms with van der Waals surface area (Å²) >= 11 is 0. The molecule has 0 saturated carbocycles. The van der Waals surface area contributed by atoms with Gasteiger partial charge in [-0.25, -0.2) is 0 Å². The van der Waals surface area contributed by atoms with Crippen LogP contribution in [-0.4, -0.2) is 0 Å². The number of anilines is 6. The molecule has 0 bridgehead atoms. The molecule has 0 amide bonds. The molecule has 0 radical (unpaired) electrons. The Hall–Kier alpha value is -8.60. The van der Waals surface area contributed by atoms with Gasteiger partial charge in [0.2, 0.25) is 0 Å². The van der Waals surface area contributed by atoms with E-state index in [0.717, 1.165) is 78.0 Å². The Morgan fingerprint density at radius 1 is 0.313 bits per heavy atom. The standard InChI is InChI=1S/C63H42N2O2/c1-63(2)53-29-15-26-47-51-38-57(65(40-20-7-4-8-21-40)56-31-17-28-49-46-25-12-14-33-59(46)67-62(49)56)44-23-10-9-22-42(44)50(51)37-52(60(47)53)43-35-34-41(36-54(43)63)64(39-18-5-3-6-19-39)55-30-16-27-48-45-24-11-13-32-58(45)66-61(48)55/h3-38H,1-2H3. The lowest BCUT2D eigenvalue weighted by Crippen LogP contribution is -2.24. The zero-order valence-corrected chi connectivity index (χ0v) is 37.0. The van der Waals surface area contributed by atoms with Crippen molar-refractivity contribution in [3.05, 3.63) is 230 Å². The van der Waals surface area contributed by atoms with Crippen LogP contribution in [0.5, 0.6) is 0 Å². The van der Waals surface area contributed by atoms with Crippen molar-refractivity contribution >= 4 is 110 Å². The second-order valence-corrected chi connectivity index (χ2v) is 18.4. The molecule has 0 saturated heterocycles. The Morgan fingerprint density at radius 2 is 0.821 bits per heavy atom. The summed E-state index contributed by atoms with van der Waals surface area (Å²) in [6.07, 6.45) is 0. The molecule has 1 aliphatic carbocycles. The molecule has 67 heavy (non-hydrogen) atoms. The van der Waals surface area contributed by atoms with Crippen LogP contribution < -0.4 is 9.80 Å². The van der Waals surface area contributed by atoms with Crippen molar-refractivity contribution in [3.8, 4) is 11.1 Å². The molecule has 0 fully saturated rings. The molecule has 0 aliphatic heterocycles. The lowest BCUT2D eigenvalue weighted by atomic mass is 9.68. The molecule has 0 N–H and O–H groups in total. The third kappa shape index (κ3) is 5.47. The number of nitrogens with zero attached hydrogens (tertiary/aromatic N) is 2. The Labute approximate surface area is 387 Å². The summed E-state index contributed by atoms with van der Waals surface area (Å²) in [4.78, 5) is 4.75. The van der Waals surface area contributed by atoms with Crippen LogP contribution in [-0.2, 0) is 5.41 Å². The second kappa shape index (κ2) is 14.2. The SMILES string of the molecule is CC1(C)c2cc(N(c3ccccc3)c3cccc4c3oc3ccccc34)ccc2-c2cc3c4ccccc4c(N(c4ccccc4)c4cccc5c4oc4ccccc45)cc3c3cccc1c23. The molecular weight excluding hydrogens is 817 g/mol. The van der Waals surface area contributed by atoms with E-state index in [-0.39, 0.29) is 5.41 Å². The zero-order chi connectivity index (χ0) is 44.4. The van der Waals surface area contributed by atoms with Gasteiger partial charge in [0, 0.05) is 49.4 Å². The maximum Gasteiger partial charge on any atom is 0.159 e. The topological polar surface area (TPSA) is 32.8 Å². The van der Waals surface area contributed by atoms with Gasteiger partial charge in [0.25, 0.3) is 0 Å². The predicted molar refractivity (Wildman–Crippen MR) is 280 cm³/mol. The van der Waals surface area contributed by atoms with E-state index in [1.54, 1.807) is 0 Å². The summed E-state index contributed by atoms with van der Waals surface area (Å²) in [6, 6.07) is 78.9. The first kappa shape index (κ1) is 37.7. The molecule has 13 aromatic rings. The molecule has 1 aliphatic rings. The fourth-order valence-corrected chi connectivity index (χ4v) is 11.3. The van der Waals surface area contributed by atoms with E-state index in [0.29, 0.717) is 0 Å². The molecule has 2 heterocycles.